The summed E-state index contributed by atoms with van der Waals surface area (Å²) in [5, 5.41) is 3.26. The Bertz CT molecular complexity index is 145. The van der Waals surface area contributed by atoms with Gasteiger partial charge in [-0.3, -0.25) is 0 Å². The summed E-state index contributed by atoms with van der Waals surface area (Å²) in [5.74, 6) is 1.38. The van der Waals surface area contributed by atoms with Gasteiger partial charge in [0, 0.05) is 13.7 Å². The van der Waals surface area contributed by atoms with Gasteiger partial charge in [-0.1, -0.05) is 19.1 Å². The summed E-state index contributed by atoms with van der Waals surface area (Å²) in [5.41, 5.74) is 0. The molecule has 0 aromatic carbocycles. The van der Waals surface area contributed by atoms with Crippen molar-refractivity contribution >= 4 is 0 Å². The average Bonchev–Trinajstić information content (AvgIpc) is 2.21. The topological polar surface area (TPSA) is 21.3 Å². The van der Waals surface area contributed by atoms with Gasteiger partial charge in [-0.15, -0.1) is 0 Å². The molecule has 0 bridgehead atoms. The number of hydrogen-bond acceptors (Lipinski definition) is 2. The van der Waals surface area contributed by atoms with Gasteiger partial charge in [-0.25, -0.2) is 0 Å². The normalized spacial score (nSPS) is 16.0. The minimum Gasteiger partial charge on any atom is -0.385 e. The molecule has 0 saturated carbocycles. The van der Waals surface area contributed by atoms with Crippen molar-refractivity contribution < 1.29 is 4.74 Å². The highest BCUT2D eigenvalue weighted by molar-refractivity contribution is 4.89. The molecule has 0 amide bonds. The van der Waals surface area contributed by atoms with Gasteiger partial charge in [-0.2, -0.15) is 0 Å². The summed E-state index contributed by atoms with van der Waals surface area (Å²) < 4.78 is 5.14. The molecule has 0 spiro atoms. The first-order valence-corrected chi connectivity index (χ1v) is 5.56. The molecule has 0 aromatic rings. The molecule has 0 rings (SSSR count). The van der Waals surface area contributed by atoms with E-state index >= 15 is 0 Å². The fourth-order valence-corrected chi connectivity index (χ4v) is 1.87. The largest absolute Gasteiger partial charge is 0.385 e. The highest BCUT2D eigenvalue weighted by Gasteiger charge is 2.16. The maximum atomic E-state index is 5.14. The predicted octanol–water partition coefficient (Wildman–Crippen LogP) is 2.46. The Kier molecular flexibility index (Phi) is 9.00. The zero-order valence-corrected chi connectivity index (χ0v) is 10.0. The first-order valence-electron chi connectivity index (χ1n) is 5.56. The molecule has 84 valence electrons. The molecule has 2 heteroatoms. The SMILES string of the molecule is CC=CC(CC)C(CCOC)CNC. The van der Waals surface area contributed by atoms with Crippen LogP contribution in [0.2, 0.25) is 0 Å². The highest BCUT2D eigenvalue weighted by atomic mass is 16.5. The lowest BCUT2D eigenvalue weighted by Crippen LogP contribution is -2.26. The van der Waals surface area contributed by atoms with Gasteiger partial charge in [-0.05, 0) is 45.2 Å². The molecule has 1 N–H and O–H groups in total. The molecule has 0 heterocycles. The Balaban J connectivity index is 4.11. The van der Waals surface area contributed by atoms with Gasteiger partial charge in [0.15, 0.2) is 0 Å². The summed E-state index contributed by atoms with van der Waals surface area (Å²) in [6.07, 6.45) is 6.82. The Morgan fingerprint density at radius 2 is 2.14 bits per heavy atom. The molecule has 0 fully saturated rings. The average molecular weight is 199 g/mol. The molecule has 2 atom stereocenters. The van der Waals surface area contributed by atoms with Crippen molar-refractivity contribution in [2.45, 2.75) is 26.7 Å². The van der Waals surface area contributed by atoms with Gasteiger partial charge >= 0.3 is 0 Å². The van der Waals surface area contributed by atoms with E-state index in [1.807, 2.05) is 7.05 Å². The summed E-state index contributed by atoms with van der Waals surface area (Å²) >= 11 is 0. The van der Waals surface area contributed by atoms with E-state index in [2.05, 4.69) is 31.3 Å². The Morgan fingerprint density at radius 3 is 2.57 bits per heavy atom. The lowest BCUT2D eigenvalue weighted by molar-refractivity contribution is 0.165. The lowest BCUT2D eigenvalue weighted by atomic mass is 9.87. The summed E-state index contributed by atoms with van der Waals surface area (Å²) in [4.78, 5) is 0. The van der Waals surface area contributed by atoms with Crippen LogP contribution >= 0.6 is 0 Å². The summed E-state index contributed by atoms with van der Waals surface area (Å²) in [7, 11) is 3.79. The lowest BCUT2D eigenvalue weighted by Gasteiger charge is -2.23. The van der Waals surface area contributed by atoms with Crippen molar-refractivity contribution in [3.05, 3.63) is 12.2 Å². The van der Waals surface area contributed by atoms with Crippen LogP contribution in [-0.2, 0) is 4.74 Å². The van der Waals surface area contributed by atoms with E-state index in [9.17, 15) is 0 Å². The van der Waals surface area contributed by atoms with Crippen molar-refractivity contribution in [2.24, 2.45) is 11.8 Å². The number of ether oxygens (including phenoxy) is 1. The number of rotatable bonds is 8. The van der Waals surface area contributed by atoms with E-state index in [4.69, 9.17) is 4.74 Å². The van der Waals surface area contributed by atoms with Crippen LogP contribution < -0.4 is 5.32 Å². The van der Waals surface area contributed by atoms with E-state index in [0.29, 0.717) is 11.8 Å². The fraction of sp³-hybridized carbons (Fsp3) is 0.833. The van der Waals surface area contributed by atoms with Crippen LogP contribution in [0.25, 0.3) is 0 Å². The van der Waals surface area contributed by atoms with Crippen LogP contribution in [0.3, 0.4) is 0 Å². The Hall–Kier alpha value is -0.340. The molecule has 2 nitrogen and oxygen atoms in total. The third-order valence-corrected chi connectivity index (χ3v) is 2.68. The minimum absolute atomic E-state index is 0.683. The van der Waals surface area contributed by atoms with Gasteiger partial charge in [0.25, 0.3) is 0 Å². The van der Waals surface area contributed by atoms with E-state index < -0.39 is 0 Å². The van der Waals surface area contributed by atoms with Crippen LogP contribution in [0.4, 0.5) is 0 Å². The predicted molar refractivity (Wildman–Crippen MR) is 62.5 cm³/mol. The molecular formula is C12H25NO. The second-order valence-electron chi connectivity index (χ2n) is 3.70. The van der Waals surface area contributed by atoms with Crippen molar-refractivity contribution in [2.75, 3.05) is 27.3 Å². The quantitative estimate of drug-likeness (QED) is 0.606. The highest BCUT2D eigenvalue weighted by Crippen LogP contribution is 2.20. The van der Waals surface area contributed by atoms with E-state index in [0.717, 1.165) is 19.6 Å². The van der Waals surface area contributed by atoms with Crippen LogP contribution in [0, 0.1) is 11.8 Å². The molecule has 0 aliphatic heterocycles. The number of methoxy groups -OCH3 is 1. The summed E-state index contributed by atoms with van der Waals surface area (Å²) in [6, 6.07) is 0. The van der Waals surface area contributed by atoms with E-state index in [1.54, 1.807) is 7.11 Å². The van der Waals surface area contributed by atoms with Crippen LogP contribution in [0.1, 0.15) is 26.7 Å². The van der Waals surface area contributed by atoms with Crippen LogP contribution in [0.15, 0.2) is 12.2 Å². The second kappa shape index (κ2) is 9.22. The minimum atomic E-state index is 0.683. The number of hydrogen-bond donors (Lipinski definition) is 1. The van der Waals surface area contributed by atoms with Crippen molar-refractivity contribution in [1.29, 1.82) is 0 Å². The van der Waals surface area contributed by atoms with Gasteiger partial charge in [0.1, 0.15) is 0 Å². The molecular weight excluding hydrogens is 174 g/mol. The van der Waals surface area contributed by atoms with E-state index in [-0.39, 0.29) is 0 Å². The maximum Gasteiger partial charge on any atom is 0.0465 e. The smallest absolute Gasteiger partial charge is 0.0465 e. The van der Waals surface area contributed by atoms with Crippen LogP contribution in [0.5, 0.6) is 0 Å². The molecule has 0 radical (unpaired) electrons. The first kappa shape index (κ1) is 13.7. The first-order chi connectivity index (χ1) is 6.79. The van der Waals surface area contributed by atoms with Crippen LogP contribution in [-0.4, -0.2) is 27.3 Å². The van der Waals surface area contributed by atoms with Gasteiger partial charge < -0.3 is 10.1 Å². The monoisotopic (exact) mass is 199 g/mol. The summed E-state index contributed by atoms with van der Waals surface area (Å²) in [6.45, 7) is 6.28. The fourth-order valence-electron chi connectivity index (χ4n) is 1.87. The molecule has 0 aromatic heterocycles. The third kappa shape index (κ3) is 5.40. The zero-order chi connectivity index (χ0) is 10.8. The maximum absolute atomic E-state index is 5.14. The Labute approximate surface area is 88.7 Å². The third-order valence-electron chi connectivity index (χ3n) is 2.68. The number of allylic oxidation sites excluding steroid dienone is 2. The standard InChI is InChI=1S/C12H25NO/c1-5-7-11(6-2)12(10-13-3)8-9-14-4/h5,7,11-13H,6,8-10H2,1-4H3. The second-order valence-corrected chi connectivity index (χ2v) is 3.70. The van der Waals surface area contributed by atoms with Crippen molar-refractivity contribution in [3.63, 3.8) is 0 Å². The van der Waals surface area contributed by atoms with Crippen molar-refractivity contribution in [1.82, 2.24) is 5.32 Å². The number of nitrogens with one attached hydrogen (secondary N) is 1. The molecule has 0 aliphatic rings. The molecule has 2 unspecified atom stereocenters. The molecule has 14 heavy (non-hydrogen) atoms. The van der Waals surface area contributed by atoms with Gasteiger partial charge in [0.05, 0.1) is 0 Å². The Morgan fingerprint density at radius 1 is 1.43 bits per heavy atom. The zero-order valence-electron chi connectivity index (χ0n) is 10.0. The van der Waals surface area contributed by atoms with Crippen molar-refractivity contribution in [3.8, 4) is 0 Å². The van der Waals surface area contributed by atoms with Gasteiger partial charge in [0.2, 0.25) is 0 Å². The molecule has 0 saturated heterocycles. The molecule has 0 aliphatic carbocycles. The van der Waals surface area contributed by atoms with E-state index in [1.165, 1.54) is 6.42 Å².